The van der Waals surface area contributed by atoms with Crippen molar-refractivity contribution in [3.63, 3.8) is 0 Å². The summed E-state index contributed by atoms with van der Waals surface area (Å²) in [5, 5.41) is 9.22. The molecule has 1 fully saturated rings. The Hall–Kier alpha value is -0.630. The molecule has 2 aliphatic rings. The highest BCUT2D eigenvalue weighted by atomic mass is 16.3. The molecular weight excluding hydrogens is 164 g/mol. The first-order valence-corrected chi connectivity index (χ1v) is 5.01. The van der Waals surface area contributed by atoms with Gasteiger partial charge in [0.15, 0.2) is 5.78 Å². The lowest BCUT2D eigenvalue weighted by atomic mass is 9.70. The molecule has 72 valence electrons. The Morgan fingerprint density at radius 1 is 1.62 bits per heavy atom. The fourth-order valence-corrected chi connectivity index (χ4v) is 2.74. The molecule has 0 heterocycles. The average molecular weight is 180 g/mol. The molecule has 0 bridgehead atoms. The van der Waals surface area contributed by atoms with E-state index in [1.807, 2.05) is 6.08 Å². The molecule has 2 nitrogen and oxygen atoms in total. The smallest absolute Gasteiger partial charge is 0.155 e. The van der Waals surface area contributed by atoms with Crippen molar-refractivity contribution < 1.29 is 9.90 Å². The number of rotatable bonds is 1. The maximum atomic E-state index is 11.2. The first-order chi connectivity index (χ1) is 6.16. The molecule has 0 aromatic heterocycles. The molecule has 1 N–H and O–H groups in total. The minimum absolute atomic E-state index is 0.128. The zero-order valence-corrected chi connectivity index (χ0v) is 8.05. The number of carbonyl (C=O) groups is 1. The van der Waals surface area contributed by atoms with Gasteiger partial charge >= 0.3 is 0 Å². The molecule has 0 aromatic carbocycles. The van der Waals surface area contributed by atoms with E-state index in [0.717, 1.165) is 19.3 Å². The quantitative estimate of drug-likeness (QED) is 0.666. The van der Waals surface area contributed by atoms with E-state index >= 15 is 0 Å². The van der Waals surface area contributed by atoms with Gasteiger partial charge in [-0.05, 0) is 36.7 Å². The Morgan fingerprint density at radius 3 is 3.08 bits per heavy atom. The zero-order chi connectivity index (χ0) is 9.47. The molecule has 0 aromatic rings. The van der Waals surface area contributed by atoms with Crippen molar-refractivity contribution in [1.82, 2.24) is 0 Å². The van der Waals surface area contributed by atoms with Crippen LogP contribution in [0.3, 0.4) is 0 Å². The van der Waals surface area contributed by atoms with Gasteiger partial charge in [-0.2, -0.15) is 0 Å². The number of hydrogen-bond donors (Lipinski definition) is 1. The monoisotopic (exact) mass is 180 g/mol. The van der Waals surface area contributed by atoms with Gasteiger partial charge in [0.25, 0.3) is 0 Å². The fraction of sp³-hybridized carbons (Fsp3) is 0.727. The zero-order valence-electron chi connectivity index (χ0n) is 8.05. The number of fused-ring (bicyclic) bond motifs is 1. The number of allylic oxidation sites excluding steroid dienone is 2. The number of carbonyl (C=O) groups excluding carboxylic acids is 1. The second kappa shape index (κ2) is 2.95. The van der Waals surface area contributed by atoms with Crippen LogP contribution in [0, 0.1) is 11.3 Å². The Labute approximate surface area is 78.6 Å². The Balaban J connectivity index is 2.32. The van der Waals surface area contributed by atoms with Gasteiger partial charge in [0.05, 0.1) is 0 Å². The largest absolute Gasteiger partial charge is 0.396 e. The van der Waals surface area contributed by atoms with E-state index in [-0.39, 0.29) is 17.8 Å². The molecule has 2 heteroatoms. The number of hydrogen-bond acceptors (Lipinski definition) is 2. The van der Waals surface area contributed by atoms with Crippen molar-refractivity contribution in [3.8, 4) is 0 Å². The lowest BCUT2D eigenvalue weighted by Gasteiger charge is -2.34. The van der Waals surface area contributed by atoms with Crippen LogP contribution < -0.4 is 0 Å². The molecule has 0 amide bonds. The van der Waals surface area contributed by atoms with E-state index in [1.54, 1.807) is 0 Å². The molecular formula is C11H16O2. The molecule has 0 aliphatic heterocycles. The summed E-state index contributed by atoms with van der Waals surface area (Å²) in [5.74, 6) is 0.651. The van der Waals surface area contributed by atoms with Crippen LogP contribution in [0.1, 0.15) is 32.6 Å². The van der Waals surface area contributed by atoms with Crippen LogP contribution in [0.15, 0.2) is 11.6 Å². The van der Waals surface area contributed by atoms with Crippen molar-refractivity contribution in [2.75, 3.05) is 6.61 Å². The third-order valence-corrected chi connectivity index (χ3v) is 3.84. The van der Waals surface area contributed by atoms with Crippen molar-refractivity contribution in [2.24, 2.45) is 11.3 Å². The molecule has 0 saturated heterocycles. The molecule has 0 spiro atoms. The van der Waals surface area contributed by atoms with Crippen LogP contribution in [0.2, 0.25) is 0 Å². The lowest BCUT2D eigenvalue weighted by molar-refractivity contribution is -0.115. The topological polar surface area (TPSA) is 37.3 Å². The highest BCUT2D eigenvalue weighted by Crippen LogP contribution is 2.51. The predicted octanol–water partition coefficient (Wildman–Crippen LogP) is 1.68. The summed E-state index contributed by atoms with van der Waals surface area (Å²) in [7, 11) is 0. The molecule has 2 aliphatic carbocycles. The Morgan fingerprint density at radius 2 is 2.38 bits per heavy atom. The maximum Gasteiger partial charge on any atom is 0.155 e. The maximum absolute atomic E-state index is 11.2. The van der Waals surface area contributed by atoms with Crippen LogP contribution in [0.4, 0.5) is 0 Å². The third-order valence-electron chi connectivity index (χ3n) is 3.84. The fourth-order valence-electron chi connectivity index (χ4n) is 2.74. The van der Waals surface area contributed by atoms with Gasteiger partial charge in [0.1, 0.15) is 0 Å². The molecule has 13 heavy (non-hydrogen) atoms. The SMILES string of the molecule is C[C@]12CCC(=O)C=C1CC[C@@H]2CO. The highest BCUT2D eigenvalue weighted by molar-refractivity contribution is 5.91. The number of aliphatic hydroxyl groups is 1. The second-order valence-electron chi connectivity index (χ2n) is 4.47. The third kappa shape index (κ3) is 1.24. The molecule has 1 saturated carbocycles. The summed E-state index contributed by atoms with van der Waals surface area (Å²) in [6, 6.07) is 0. The van der Waals surface area contributed by atoms with Crippen molar-refractivity contribution in [2.45, 2.75) is 32.6 Å². The van der Waals surface area contributed by atoms with Crippen molar-refractivity contribution in [1.29, 1.82) is 0 Å². The van der Waals surface area contributed by atoms with Gasteiger partial charge in [-0.1, -0.05) is 12.5 Å². The molecule has 2 rings (SSSR count). The van der Waals surface area contributed by atoms with E-state index < -0.39 is 0 Å². The minimum atomic E-state index is 0.128. The summed E-state index contributed by atoms with van der Waals surface area (Å²) >= 11 is 0. The van der Waals surface area contributed by atoms with E-state index in [1.165, 1.54) is 5.57 Å². The van der Waals surface area contributed by atoms with E-state index in [2.05, 4.69) is 6.92 Å². The van der Waals surface area contributed by atoms with E-state index in [0.29, 0.717) is 12.3 Å². The number of aliphatic hydroxyl groups excluding tert-OH is 1. The van der Waals surface area contributed by atoms with Gasteiger partial charge in [-0.3, -0.25) is 4.79 Å². The molecule has 2 atom stereocenters. The summed E-state index contributed by atoms with van der Waals surface area (Å²) in [4.78, 5) is 11.2. The molecule has 0 unspecified atom stereocenters. The van der Waals surface area contributed by atoms with Crippen molar-refractivity contribution >= 4 is 5.78 Å². The summed E-state index contributed by atoms with van der Waals surface area (Å²) in [6.45, 7) is 2.46. The summed E-state index contributed by atoms with van der Waals surface area (Å²) in [5.41, 5.74) is 1.41. The summed E-state index contributed by atoms with van der Waals surface area (Å²) < 4.78 is 0. The minimum Gasteiger partial charge on any atom is -0.396 e. The Bertz CT molecular complexity index is 267. The predicted molar refractivity (Wildman–Crippen MR) is 50.2 cm³/mol. The van der Waals surface area contributed by atoms with E-state index in [4.69, 9.17) is 0 Å². The molecule has 0 radical (unpaired) electrons. The van der Waals surface area contributed by atoms with Crippen LogP contribution in [-0.4, -0.2) is 17.5 Å². The van der Waals surface area contributed by atoms with Gasteiger partial charge < -0.3 is 5.11 Å². The van der Waals surface area contributed by atoms with Gasteiger partial charge in [0.2, 0.25) is 0 Å². The van der Waals surface area contributed by atoms with Gasteiger partial charge in [0, 0.05) is 13.0 Å². The van der Waals surface area contributed by atoms with E-state index in [9.17, 15) is 9.90 Å². The lowest BCUT2D eigenvalue weighted by Crippen LogP contribution is -2.29. The van der Waals surface area contributed by atoms with Crippen LogP contribution >= 0.6 is 0 Å². The Kier molecular flexibility index (Phi) is 2.03. The average Bonchev–Trinajstić information content (AvgIpc) is 2.42. The van der Waals surface area contributed by atoms with Crippen molar-refractivity contribution in [3.05, 3.63) is 11.6 Å². The van der Waals surface area contributed by atoms with Crippen LogP contribution in [0.25, 0.3) is 0 Å². The number of ketones is 1. The standard InChI is InChI=1S/C11H16O2/c1-11-5-4-10(13)6-8(11)2-3-9(11)7-12/h6,9,12H,2-5,7H2,1H3/t9-,11+/m1/s1. The summed E-state index contributed by atoms with van der Waals surface area (Å²) in [6.07, 6.45) is 5.47. The van der Waals surface area contributed by atoms with Crippen LogP contribution in [0.5, 0.6) is 0 Å². The van der Waals surface area contributed by atoms with Crippen LogP contribution in [-0.2, 0) is 4.79 Å². The highest BCUT2D eigenvalue weighted by Gasteiger charge is 2.44. The first-order valence-electron chi connectivity index (χ1n) is 5.01. The van der Waals surface area contributed by atoms with Gasteiger partial charge in [-0.25, -0.2) is 0 Å². The first kappa shape index (κ1) is 8.95. The normalized spacial score (nSPS) is 38.8. The van der Waals surface area contributed by atoms with Gasteiger partial charge in [-0.15, -0.1) is 0 Å². The second-order valence-corrected chi connectivity index (χ2v) is 4.47.